The van der Waals surface area contributed by atoms with Crippen molar-refractivity contribution in [2.24, 2.45) is 0 Å². The van der Waals surface area contributed by atoms with E-state index in [9.17, 15) is 4.79 Å². The maximum Gasteiger partial charge on any atom is 0.244 e. The van der Waals surface area contributed by atoms with E-state index in [1.165, 1.54) is 0 Å². The van der Waals surface area contributed by atoms with Gasteiger partial charge in [-0.25, -0.2) is 4.68 Å². The van der Waals surface area contributed by atoms with Crippen LogP contribution in [0.25, 0.3) is 11.8 Å². The Hall–Kier alpha value is -3.22. The van der Waals surface area contributed by atoms with Crippen LogP contribution in [0.4, 0.5) is 0 Å². The Morgan fingerprint density at radius 2 is 1.77 bits per heavy atom. The van der Waals surface area contributed by atoms with Crippen molar-refractivity contribution in [1.82, 2.24) is 20.0 Å². The maximum atomic E-state index is 12.7. The van der Waals surface area contributed by atoms with Crippen molar-refractivity contribution in [3.05, 3.63) is 90.3 Å². The molecular formula is C24H26N4O2. The van der Waals surface area contributed by atoms with E-state index in [1.807, 2.05) is 54.7 Å². The van der Waals surface area contributed by atoms with E-state index in [4.69, 9.17) is 4.74 Å². The Labute approximate surface area is 176 Å². The van der Waals surface area contributed by atoms with Crippen LogP contribution in [0.15, 0.2) is 79.1 Å². The molecule has 1 aliphatic heterocycles. The summed E-state index contributed by atoms with van der Waals surface area (Å²) in [5.74, 6) is -0.121. The molecule has 1 atom stereocenters. The van der Waals surface area contributed by atoms with E-state index in [0.717, 1.165) is 49.7 Å². The van der Waals surface area contributed by atoms with Crippen LogP contribution < -0.4 is 5.32 Å². The molecule has 1 aliphatic rings. The highest BCUT2D eigenvalue weighted by atomic mass is 16.5. The van der Waals surface area contributed by atoms with Crippen molar-refractivity contribution in [3.8, 4) is 5.69 Å². The molecule has 4 rings (SSSR count). The summed E-state index contributed by atoms with van der Waals surface area (Å²) in [7, 11) is 0. The first-order valence-corrected chi connectivity index (χ1v) is 10.2. The van der Waals surface area contributed by atoms with Crippen LogP contribution in [-0.2, 0) is 9.53 Å². The molecule has 154 valence electrons. The van der Waals surface area contributed by atoms with Crippen LogP contribution in [-0.4, -0.2) is 53.4 Å². The number of amides is 1. The van der Waals surface area contributed by atoms with Crippen LogP contribution in [0.3, 0.4) is 0 Å². The normalized spacial score (nSPS) is 15.9. The average Bonchev–Trinajstić information content (AvgIpc) is 3.28. The zero-order chi connectivity index (χ0) is 20.6. The molecule has 1 saturated heterocycles. The van der Waals surface area contributed by atoms with Crippen LogP contribution >= 0.6 is 0 Å². The summed E-state index contributed by atoms with van der Waals surface area (Å²) in [6.45, 7) is 4.00. The van der Waals surface area contributed by atoms with E-state index in [-0.39, 0.29) is 11.9 Å². The smallest absolute Gasteiger partial charge is 0.244 e. The zero-order valence-electron chi connectivity index (χ0n) is 16.9. The molecule has 0 bridgehead atoms. The van der Waals surface area contributed by atoms with Crippen LogP contribution in [0, 0.1) is 0 Å². The number of aromatic nitrogens is 2. The van der Waals surface area contributed by atoms with Gasteiger partial charge in [0.1, 0.15) is 0 Å². The molecule has 1 N–H and O–H groups in total. The predicted octanol–water partition coefficient (Wildman–Crippen LogP) is 3.08. The van der Waals surface area contributed by atoms with Gasteiger partial charge in [0.2, 0.25) is 5.91 Å². The number of nitrogens with one attached hydrogen (secondary N) is 1. The summed E-state index contributed by atoms with van der Waals surface area (Å²) >= 11 is 0. The molecule has 0 spiro atoms. The first-order valence-electron chi connectivity index (χ1n) is 10.2. The molecular weight excluding hydrogens is 376 g/mol. The Kier molecular flexibility index (Phi) is 6.69. The molecule has 1 amide bonds. The lowest BCUT2D eigenvalue weighted by Gasteiger charge is -2.31. The summed E-state index contributed by atoms with van der Waals surface area (Å²) < 4.78 is 7.24. The first kappa shape index (κ1) is 20.1. The largest absolute Gasteiger partial charge is 0.379 e. The number of hydrogen-bond acceptors (Lipinski definition) is 4. The van der Waals surface area contributed by atoms with Gasteiger partial charge in [0.25, 0.3) is 0 Å². The van der Waals surface area contributed by atoms with Gasteiger partial charge in [0, 0.05) is 37.5 Å². The molecule has 2 aromatic carbocycles. The Morgan fingerprint density at radius 1 is 1.07 bits per heavy atom. The highest BCUT2D eigenvalue weighted by Gasteiger charge is 2.19. The van der Waals surface area contributed by atoms with Crippen molar-refractivity contribution >= 4 is 12.0 Å². The van der Waals surface area contributed by atoms with Gasteiger partial charge >= 0.3 is 0 Å². The molecule has 0 unspecified atom stereocenters. The lowest BCUT2D eigenvalue weighted by atomic mass is 10.1. The number of carbonyl (C=O) groups excluding carboxylic acids is 1. The van der Waals surface area contributed by atoms with Crippen molar-refractivity contribution in [3.63, 3.8) is 0 Å². The van der Waals surface area contributed by atoms with E-state index in [2.05, 4.69) is 27.4 Å². The molecule has 6 heteroatoms. The third-order valence-electron chi connectivity index (χ3n) is 5.11. The van der Waals surface area contributed by atoms with Crippen LogP contribution in [0.2, 0.25) is 0 Å². The zero-order valence-corrected chi connectivity index (χ0v) is 16.9. The second kappa shape index (κ2) is 10.0. The third-order valence-corrected chi connectivity index (χ3v) is 5.11. The fraction of sp³-hybridized carbons (Fsp3) is 0.250. The second-order valence-electron chi connectivity index (χ2n) is 7.27. The van der Waals surface area contributed by atoms with E-state index in [1.54, 1.807) is 23.0 Å². The quantitative estimate of drug-likeness (QED) is 0.617. The maximum absolute atomic E-state index is 12.7. The summed E-state index contributed by atoms with van der Waals surface area (Å²) in [6.07, 6.45) is 7.01. The SMILES string of the molecule is O=C(/C=C/c1cnn(-c2ccccc2)c1)N[C@H](CN1CCOCC1)c1ccccc1. The van der Waals surface area contributed by atoms with Gasteiger partial charge in [-0.3, -0.25) is 9.69 Å². The Balaban J connectivity index is 1.41. The minimum absolute atomic E-state index is 0.0755. The molecule has 0 radical (unpaired) electrons. The standard InChI is InChI=1S/C24H26N4O2/c29-24(12-11-20-17-25-28(18-20)22-9-5-2-6-10-22)26-23(21-7-3-1-4-8-21)19-27-13-15-30-16-14-27/h1-12,17-18,23H,13-16,19H2,(H,26,29)/b12-11+/t23-/m1/s1. The van der Waals surface area contributed by atoms with Gasteiger partial charge in [0.05, 0.1) is 31.1 Å². The number of nitrogens with zero attached hydrogens (tertiary/aromatic N) is 3. The van der Waals surface area contributed by atoms with Crippen molar-refractivity contribution in [2.45, 2.75) is 6.04 Å². The minimum atomic E-state index is -0.121. The number of benzene rings is 2. The summed E-state index contributed by atoms with van der Waals surface area (Å²) in [5, 5.41) is 7.52. The molecule has 6 nitrogen and oxygen atoms in total. The lowest BCUT2D eigenvalue weighted by Crippen LogP contribution is -2.42. The Bertz CT molecular complexity index is 963. The van der Waals surface area contributed by atoms with Gasteiger partial charge in [-0.1, -0.05) is 48.5 Å². The summed E-state index contributed by atoms with van der Waals surface area (Å²) in [4.78, 5) is 15.0. The van der Waals surface area contributed by atoms with Gasteiger partial charge in [-0.05, 0) is 23.8 Å². The molecule has 1 fully saturated rings. The van der Waals surface area contributed by atoms with Crippen molar-refractivity contribution in [2.75, 3.05) is 32.8 Å². The number of ether oxygens (including phenoxy) is 1. The van der Waals surface area contributed by atoms with Crippen molar-refractivity contribution < 1.29 is 9.53 Å². The number of morpholine rings is 1. The number of para-hydroxylation sites is 1. The topological polar surface area (TPSA) is 59.4 Å². The van der Waals surface area contributed by atoms with Gasteiger partial charge in [-0.2, -0.15) is 5.10 Å². The summed E-state index contributed by atoms with van der Waals surface area (Å²) in [6, 6.07) is 19.9. The van der Waals surface area contributed by atoms with Crippen LogP contribution in [0.5, 0.6) is 0 Å². The fourth-order valence-electron chi connectivity index (χ4n) is 3.50. The molecule has 1 aromatic heterocycles. The monoisotopic (exact) mass is 402 g/mol. The molecule has 2 heterocycles. The fourth-order valence-corrected chi connectivity index (χ4v) is 3.50. The molecule has 3 aromatic rings. The highest BCUT2D eigenvalue weighted by Crippen LogP contribution is 2.16. The molecule has 30 heavy (non-hydrogen) atoms. The molecule has 0 aliphatic carbocycles. The average molecular weight is 402 g/mol. The van der Waals surface area contributed by atoms with Crippen LogP contribution in [0.1, 0.15) is 17.2 Å². The Morgan fingerprint density at radius 3 is 2.50 bits per heavy atom. The predicted molar refractivity (Wildman–Crippen MR) is 117 cm³/mol. The third kappa shape index (κ3) is 5.43. The number of rotatable bonds is 7. The second-order valence-corrected chi connectivity index (χ2v) is 7.27. The van der Waals surface area contributed by atoms with E-state index in [0.29, 0.717) is 0 Å². The lowest BCUT2D eigenvalue weighted by molar-refractivity contribution is -0.117. The minimum Gasteiger partial charge on any atom is -0.379 e. The van der Waals surface area contributed by atoms with Gasteiger partial charge in [-0.15, -0.1) is 0 Å². The van der Waals surface area contributed by atoms with E-state index >= 15 is 0 Å². The highest BCUT2D eigenvalue weighted by molar-refractivity contribution is 5.91. The van der Waals surface area contributed by atoms with Gasteiger partial charge in [0.15, 0.2) is 0 Å². The number of hydrogen-bond donors (Lipinski definition) is 1. The van der Waals surface area contributed by atoms with E-state index < -0.39 is 0 Å². The molecule has 0 saturated carbocycles. The summed E-state index contributed by atoms with van der Waals surface area (Å²) in [5.41, 5.74) is 2.96. The van der Waals surface area contributed by atoms with Crippen molar-refractivity contribution in [1.29, 1.82) is 0 Å². The number of carbonyl (C=O) groups is 1. The first-order chi connectivity index (χ1) is 14.8. The van der Waals surface area contributed by atoms with Gasteiger partial charge < -0.3 is 10.1 Å².